The maximum absolute atomic E-state index is 12.6. The minimum absolute atomic E-state index is 0.334. The second kappa shape index (κ2) is 18.5. The second-order valence-corrected chi connectivity index (χ2v) is 10.2. The van der Waals surface area contributed by atoms with Crippen molar-refractivity contribution in [2.75, 3.05) is 13.2 Å². The van der Waals surface area contributed by atoms with E-state index in [1.54, 1.807) is 72.8 Å². The molecule has 0 spiro atoms. The summed E-state index contributed by atoms with van der Waals surface area (Å²) in [6.45, 7) is 5.77. The Kier molecular flexibility index (Phi) is 14.3. The molecule has 3 aromatic rings. The Balaban J connectivity index is 1.39. The van der Waals surface area contributed by atoms with Crippen molar-refractivity contribution < 1.29 is 28.5 Å². The predicted molar refractivity (Wildman–Crippen MR) is 162 cm³/mol. The number of carbonyl (C=O) groups is 2. The zero-order valence-corrected chi connectivity index (χ0v) is 24.6. The lowest BCUT2D eigenvalue weighted by Gasteiger charge is -2.09. The van der Waals surface area contributed by atoms with Crippen LogP contribution in [-0.4, -0.2) is 25.2 Å². The van der Waals surface area contributed by atoms with Crippen LogP contribution < -0.4 is 18.9 Å². The van der Waals surface area contributed by atoms with Crippen molar-refractivity contribution in [1.29, 1.82) is 0 Å². The highest BCUT2D eigenvalue weighted by atomic mass is 16.5. The summed E-state index contributed by atoms with van der Waals surface area (Å²) >= 11 is 0. The van der Waals surface area contributed by atoms with Gasteiger partial charge in [0.15, 0.2) is 0 Å². The number of carbonyl (C=O) groups excluding carboxylic acids is 2. The minimum Gasteiger partial charge on any atom is -0.494 e. The second-order valence-electron chi connectivity index (χ2n) is 10.2. The van der Waals surface area contributed by atoms with Gasteiger partial charge in [0, 0.05) is 0 Å². The van der Waals surface area contributed by atoms with Crippen molar-refractivity contribution >= 4 is 11.9 Å². The van der Waals surface area contributed by atoms with Crippen LogP contribution in [0.3, 0.4) is 0 Å². The van der Waals surface area contributed by atoms with Crippen molar-refractivity contribution in [3.8, 4) is 23.0 Å². The number of unbranched alkanes of at least 4 members (excludes halogenated alkanes) is 9. The number of benzene rings is 3. The lowest BCUT2D eigenvalue weighted by atomic mass is 10.1. The molecular weight excluding hydrogens is 516 g/mol. The predicted octanol–water partition coefficient (Wildman–Crippen LogP) is 9.21. The molecule has 0 N–H and O–H groups in total. The van der Waals surface area contributed by atoms with Crippen LogP contribution in [0.1, 0.15) is 105 Å². The molecule has 0 aliphatic rings. The molecule has 0 radical (unpaired) electrons. The van der Waals surface area contributed by atoms with Gasteiger partial charge < -0.3 is 18.9 Å². The molecule has 0 aromatic heterocycles. The molecule has 0 saturated heterocycles. The Labute approximate surface area is 245 Å². The highest BCUT2D eigenvalue weighted by molar-refractivity contribution is 5.94. The van der Waals surface area contributed by atoms with Crippen molar-refractivity contribution in [3.05, 3.63) is 83.9 Å². The van der Waals surface area contributed by atoms with E-state index in [2.05, 4.69) is 13.8 Å². The maximum Gasteiger partial charge on any atom is 0.343 e. The van der Waals surface area contributed by atoms with E-state index < -0.39 is 11.9 Å². The SMILES string of the molecule is CCCCCCCCOc1ccc(OC(=O)c2ccc(C(=O)Oc3ccc(OCCCCCCC)cc3)cc2)cc1. The van der Waals surface area contributed by atoms with Gasteiger partial charge in [-0.2, -0.15) is 0 Å². The Morgan fingerprint density at radius 1 is 0.439 bits per heavy atom. The minimum atomic E-state index is -0.508. The number of hydrogen-bond acceptors (Lipinski definition) is 6. The summed E-state index contributed by atoms with van der Waals surface area (Å²) < 4.78 is 22.5. The number of ether oxygens (including phenoxy) is 4. The van der Waals surface area contributed by atoms with Crippen molar-refractivity contribution in [2.24, 2.45) is 0 Å². The molecule has 6 heteroatoms. The Hall–Kier alpha value is -3.80. The van der Waals surface area contributed by atoms with E-state index >= 15 is 0 Å². The van der Waals surface area contributed by atoms with Crippen molar-refractivity contribution in [2.45, 2.75) is 84.5 Å². The molecule has 41 heavy (non-hydrogen) atoms. The zero-order valence-electron chi connectivity index (χ0n) is 24.6. The largest absolute Gasteiger partial charge is 0.494 e. The third-order valence-electron chi connectivity index (χ3n) is 6.71. The van der Waals surface area contributed by atoms with E-state index in [1.807, 2.05) is 0 Å². The third-order valence-corrected chi connectivity index (χ3v) is 6.71. The number of hydrogen-bond donors (Lipinski definition) is 0. The van der Waals surface area contributed by atoms with Crippen molar-refractivity contribution in [3.63, 3.8) is 0 Å². The summed E-state index contributed by atoms with van der Waals surface area (Å²) in [5.41, 5.74) is 0.668. The summed E-state index contributed by atoms with van der Waals surface area (Å²) in [5, 5.41) is 0. The quantitative estimate of drug-likeness (QED) is 0.0827. The lowest BCUT2D eigenvalue weighted by molar-refractivity contribution is 0.0720. The van der Waals surface area contributed by atoms with E-state index in [0.717, 1.165) is 24.3 Å². The number of rotatable bonds is 19. The summed E-state index contributed by atoms with van der Waals surface area (Å²) in [6, 6.07) is 20.2. The summed E-state index contributed by atoms with van der Waals surface area (Å²) in [4.78, 5) is 25.2. The number of esters is 2. The molecule has 0 amide bonds. The van der Waals surface area contributed by atoms with Gasteiger partial charge in [-0.05, 0) is 85.6 Å². The highest BCUT2D eigenvalue weighted by Gasteiger charge is 2.13. The van der Waals surface area contributed by atoms with Crippen LogP contribution in [0.4, 0.5) is 0 Å². The molecule has 0 aliphatic carbocycles. The third kappa shape index (κ3) is 12.1. The van der Waals surface area contributed by atoms with Gasteiger partial charge in [-0.1, -0.05) is 71.6 Å². The average molecular weight is 561 g/mol. The van der Waals surface area contributed by atoms with Crippen LogP contribution in [0.15, 0.2) is 72.8 Å². The van der Waals surface area contributed by atoms with Crippen LogP contribution in [-0.2, 0) is 0 Å². The molecule has 0 heterocycles. The van der Waals surface area contributed by atoms with Crippen LogP contribution in [0.2, 0.25) is 0 Å². The normalized spacial score (nSPS) is 10.7. The molecule has 0 bridgehead atoms. The van der Waals surface area contributed by atoms with Gasteiger partial charge in [-0.25, -0.2) is 9.59 Å². The topological polar surface area (TPSA) is 71.1 Å². The Bertz CT molecular complexity index is 1150. The molecule has 0 aliphatic heterocycles. The van der Waals surface area contributed by atoms with Crippen LogP contribution in [0.5, 0.6) is 23.0 Å². The van der Waals surface area contributed by atoms with E-state index in [1.165, 1.54) is 57.8 Å². The van der Waals surface area contributed by atoms with E-state index in [9.17, 15) is 9.59 Å². The van der Waals surface area contributed by atoms with E-state index in [0.29, 0.717) is 35.8 Å². The molecule has 6 nitrogen and oxygen atoms in total. The van der Waals surface area contributed by atoms with Gasteiger partial charge in [-0.3, -0.25) is 0 Å². The van der Waals surface area contributed by atoms with Crippen LogP contribution in [0.25, 0.3) is 0 Å². The molecule has 3 aromatic carbocycles. The molecule has 0 fully saturated rings. The molecule has 220 valence electrons. The van der Waals surface area contributed by atoms with Gasteiger partial charge >= 0.3 is 11.9 Å². The van der Waals surface area contributed by atoms with E-state index in [-0.39, 0.29) is 0 Å². The van der Waals surface area contributed by atoms with E-state index in [4.69, 9.17) is 18.9 Å². The molecule has 0 atom stereocenters. The van der Waals surface area contributed by atoms with Gasteiger partial charge in [-0.15, -0.1) is 0 Å². The summed E-state index contributed by atoms with van der Waals surface area (Å²) in [5.74, 6) is 1.33. The Morgan fingerprint density at radius 2 is 0.756 bits per heavy atom. The fourth-order valence-corrected chi connectivity index (χ4v) is 4.25. The molecule has 0 saturated carbocycles. The van der Waals surface area contributed by atoms with Gasteiger partial charge in [0.25, 0.3) is 0 Å². The van der Waals surface area contributed by atoms with Gasteiger partial charge in [0.1, 0.15) is 23.0 Å². The van der Waals surface area contributed by atoms with Crippen LogP contribution in [0, 0.1) is 0 Å². The smallest absolute Gasteiger partial charge is 0.343 e. The van der Waals surface area contributed by atoms with Crippen molar-refractivity contribution in [1.82, 2.24) is 0 Å². The zero-order chi connectivity index (χ0) is 29.1. The molecule has 3 rings (SSSR count). The first kappa shape index (κ1) is 31.7. The summed E-state index contributed by atoms with van der Waals surface area (Å²) in [6.07, 6.45) is 13.2. The Morgan fingerprint density at radius 3 is 1.12 bits per heavy atom. The first-order valence-corrected chi connectivity index (χ1v) is 15.1. The first-order valence-electron chi connectivity index (χ1n) is 15.1. The monoisotopic (exact) mass is 560 g/mol. The first-order chi connectivity index (χ1) is 20.1. The summed E-state index contributed by atoms with van der Waals surface area (Å²) in [7, 11) is 0. The van der Waals surface area contributed by atoms with Gasteiger partial charge in [0.05, 0.1) is 24.3 Å². The fraction of sp³-hybridized carbons (Fsp3) is 0.429. The fourth-order valence-electron chi connectivity index (χ4n) is 4.25. The lowest BCUT2D eigenvalue weighted by Crippen LogP contribution is -2.11. The van der Waals surface area contributed by atoms with Crippen LogP contribution >= 0.6 is 0 Å². The molecule has 0 unspecified atom stereocenters. The molecular formula is C35H44O6. The maximum atomic E-state index is 12.6. The highest BCUT2D eigenvalue weighted by Crippen LogP contribution is 2.21. The standard InChI is InChI=1S/C35H44O6/c1-3-5-7-9-11-13-27-39-31-20-24-33(25-21-31)41-35(37)29-16-14-28(15-17-29)34(36)40-32-22-18-30(19-23-32)38-26-12-10-8-6-4-2/h14-25H,3-13,26-27H2,1-2H3. The van der Waals surface area contributed by atoms with Gasteiger partial charge in [0.2, 0.25) is 0 Å². The average Bonchev–Trinajstić information content (AvgIpc) is 3.00.